The number of allylic oxidation sites excluding steroid dienone is 1. The zero-order valence-corrected chi connectivity index (χ0v) is 13.8. The van der Waals surface area contributed by atoms with Crippen LogP contribution in [0.3, 0.4) is 0 Å². The van der Waals surface area contributed by atoms with E-state index in [0.717, 1.165) is 27.9 Å². The highest BCUT2D eigenvalue weighted by Gasteiger charge is 2.24. The largest absolute Gasteiger partial charge is 0.376 e. The van der Waals surface area contributed by atoms with Crippen LogP contribution in [0, 0.1) is 17.0 Å². The maximum atomic E-state index is 11.0. The highest BCUT2D eigenvalue weighted by molar-refractivity contribution is 5.86. The van der Waals surface area contributed by atoms with Gasteiger partial charge in [-0.2, -0.15) is 0 Å². The molecule has 0 radical (unpaired) electrons. The summed E-state index contributed by atoms with van der Waals surface area (Å²) in [5.74, 6) is 0. The van der Waals surface area contributed by atoms with Crippen LogP contribution in [-0.2, 0) is 0 Å². The van der Waals surface area contributed by atoms with Gasteiger partial charge in [0.05, 0.1) is 10.5 Å². The molecule has 4 nitrogen and oxygen atoms in total. The maximum Gasteiger partial charge on any atom is 0.270 e. The van der Waals surface area contributed by atoms with Crippen LogP contribution >= 0.6 is 0 Å². The number of aryl methyl sites for hydroxylation is 1. The van der Waals surface area contributed by atoms with Crippen LogP contribution in [0.1, 0.15) is 31.9 Å². The summed E-state index contributed by atoms with van der Waals surface area (Å²) in [7, 11) is 0. The van der Waals surface area contributed by atoms with Gasteiger partial charge in [0.1, 0.15) is 0 Å². The van der Waals surface area contributed by atoms with Gasteiger partial charge in [-0.3, -0.25) is 10.1 Å². The number of non-ortho nitro benzene ring substituents is 1. The molecule has 3 rings (SSSR count). The monoisotopic (exact) mass is 308 g/mol. The van der Waals surface area contributed by atoms with Gasteiger partial charge in [0, 0.05) is 23.4 Å². The maximum absolute atomic E-state index is 11.0. The number of anilines is 1. The summed E-state index contributed by atoms with van der Waals surface area (Å²) in [5, 5.41) is 14.6. The van der Waals surface area contributed by atoms with Crippen LogP contribution in [-0.4, -0.2) is 10.5 Å². The van der Waals surface area contributed by atoms with Gasteiger partial charge in [-0.05, 0) is 62.1 Å². The Bertz CT molecular complexity index is 835. The van der Waals surface area contributed by atoms with Crippen molar-refractivity contribution in [2.45, 2.75) is 33.2 Å². The molecule has 23 heavy (non-hydrogen) atoms. The second-order valence-corrected chi connectivity index (χ2v) is 6.70. The number of nitrogens with one attached hydrogen (secondary N) is 1. The van der Waals surface area contributed by atoms with Crippen molar-refractivity contribution in [1.82, 2.24) is 0 Å². The molecular weight excluding hydrogens is 288 g/mol. The lowest BCUT2D eigenvalue weighted by Gasteiger charge is -2.33. The Morgan fingerprint density at radius 2 is 1.83 bits per heavy atom. The van der Waals surface area contributed by atoms with Crippen molar-refractivity contribution in [3.63, 3.8) is 0 Å². The fourth-order valence-electron chi connectivity index (χ4n) is 3.21. The van der Waals surface area contributed by atoms with Gasteiger partial charge < -0.3 is 5.32 Å². The SMILES string of the molecule is CC1=CC(C)(C)Nc2c(C)cc(-c3cccc([N+](=O)[O-])c3)cc21. The summed E-state index contributed by atoms with van der Waals surface area (Å²) in [6, 6.07) is 11.0. The molecule has 1 N–H and O–H groups in total. The van der Waals surface area contributed by atoms with Gasteiger partial charge in [-0.15, -0.1) is 0 Å². The minimum absolute atomic E-state index is 0.0745. The Labute approximate surface area is 136 Å². The summed E-state index contributed by atoms with van der Waals surface area (Å²) >= 11 is 0. The molecule has 0 atom stereocenters. The van der Waals surface area contributed by atoms with Gasteiger partial charge in [-0.1, -0.05) is 18.2 Å². The van der Waals surface area contributed by atoms with Crippen molar-refractivity contribution in [3.8, 4) is 11.1 Å². The van der Waals surface area contributed by atoms with E-state index in [0.29, 0.717) is 0 Å². The Kier molecular flexibility index (Phi) is 3.48. The smallest absolute Gasteiger partial charge is 0.270 e. The number of benzene rings is 2. The normalized spacial score (nSPS) is 15.4. The zero-order chi connectivity index (χ0) is 16.8. The first-order chi connectivity index (χ1) is 10.8. The van der Waals surface area contributed by atoms with Crippen molar-refractivity contribution in [3.05, 3.63) is 63.7 Å². The first kappa shape index (κ1) is 15.3. The van der Waals surface area contributed by atoms with Crippen molar-refractivity contribution in [2.24, 2.45) is 0 Å². The van der Waals surface area contributed by atoms with Crippen molar-refractivity contribution >= 4 is 16.9 Å². The van der Waals surface area contributed by atoms with E-state index in [1.807, 2.05) is 6.07 Å². The van der Waals surface area contributed by atoms with Crippen LogP contribution in [0.4, 0.5) is 11.4 Å². The number of fused-ring (bicyclic) bond motifs is 1. The molecule has 1 heterocycles. The molecule has 118 valence electrons. The molecule has 1 aliphatic rings. The molecule has 0 amide bonds. The van der Waals surface area contributed by atoms with Crippen molar-refractivity contribution in [1.29, 1.82) is 0 Å². The predicted molar refractivity (Wildman–Crippen MR) is 94.6 cm³/mol. The standard InChI is InChI=1S/C19H20N2O2/c1-12-8-15(14-6-5-7-16(9-14)21(22)23)10-17-13(2)11-19(3,4)20-18(12)17/h5-11,20H,1-4H3. The van der Waals surface area contributed by atoms with Gasteiger partial charge in [-0.25, -0.2) is 0 Å². The summed E-state index contributed by atoms with van der Waals surface area (Å²) < 4.78 is 0. The molecule has 0 bridgehead atoms. The van der Waals surface area contributed by atoms with E-state index in [1.54, 1.807) is 12.1 Å². The molecule has 0 fully saturated rings. The number of rotatable bonds is 2. The third-order valence-corrected chi connectivity index (χ3v) is 4.18. The molecule has 1 aliphatic heterocycles. The van der Waals surface area contributed by atoms with Crippen molar-refractivity contribution < 1.29 is 4.92 Å². The molecule has 0 aliphatic carbocycles. The summed E-state index contributed by atoms with van der Waals surface area (Å²) in [6.07, 6.45) is 2.21. The fourth-order valence-corrected chi connectivity index (χ4v) is 3.21. The van der Waals surface area contributed by atoms with Gasteiger partial charge in [0.15, 0.2) is 0 Å². The topological polar surface area (TPSA) is 55.2 Å². The van der Waals surface area contributed by atoms with Crippen LogP contribution in [0.2, 0.25) is 0 Å². The minimum Gasteiger partial charge on any atom is -0.376 e. The van der Waals surface area contributed by atoms with Gasteiger partial charge in [0.2, 0.25) is 0 Å². The van der Waals surface area contributed by atoms with E-state index in [1.165, 1.54) is 11.6 Å². The average molecular weight is 308 g/mol. The Morgan fingerprint density at radius 1 is 1.09 bits per heavy atom. The third-order valence-electron chi connectivity index (χ3n) is 4.18. The molecule has 0 spiro atoms. The molecule has 0 unspecified atom stereocenters. The molecule has 0 saturated carbocycles. The molecular formula is C19H20N2O2. The number of nitrogens with zero attached hydrogens (tertiary/aromatic N) is 1. The lowest BCUT2D eigenvalue weighted by Crippen LogP contribution is -2.32. The molecule has 0 saturated heterocycles. The lowest BCUT2D eigenvalue weighted by molar-refractivity contribution is -0.384. The zero-order valence-electron chi connectivity index (χ0n) is 13.8. The first-order valence-electron chi connectivity index (χ1n) is 7.64. The van der Waals surface area contributed by atoms with E-state index in [4.69, 9.17) is 0 Å². The van der Waals surface area contributed by atoms with Crippen LogP contribution in [0.5, 0.6) is 0 Å². The number of nitro benzene ring substituents is 1. The van der Waals surface area contributed by atoms with E-state index in [2.05, 4.69) is 51.2 Å². The van der Waals surface area contributed by atoms with Crippen LogP contribution in [0.25, 0.3) is 16.7 Å². The molecule has 2 aromatic carbocycles. The lowest BCUT2D eigenvalue weighted by atomic mass is 9.87. The first-order valence-corrected chi connectivity index (χ1v) is 7.64. The summed E-state index contributed by atoms with van der Waals surface area (Å²) in [6.45, 7) is 8.47. The molecule has 4 heteroatoms. The van der Waals surface area contributed by atoms with E-state index in [-0.39, 0.29) is 16.1 Å². The van der Waals surface area contributed by atoms with Crippen LogP contribution in [0.15, 0.2) is 42.5 Å². The second-order valence-electron chi connectivity index (χ2n) is 6.70. The Balaban J connectivity index is 2.14. The third kappa shape index (κ3) is 2.84. The summed E-state index contributed by atoms with van der Waals surface area (Å²) in [4.78, 5) is 10.6. The van der Waals surface area contributed by atoms with Gasteiger partial charge >= 0.3 is 0 Å². The number of nitro groups is 1. The van der Waals surface area contributed by atoms with E-state index < -0.39 is 0 Å². The number of hydrogen-bond acceptors (Lipinski definition) is 3. The quantitative estimate of drug-likeness (QED) is 0.614. The number of hydrogen-bond donors (Lipinski definition) is 1. The Hall–Kier alpha value is -2.62. The highest BCUT2D eigenvalue weighted by atomic mass is 16.6. The summed E-state index contributed by atoms with van der Waals surface area (Å²) in [5.41, 5.74) is 6.57. The highest BCUT2D eigenvalue weighted by Crippen LogP contribution is 2.39. The van der Waals surface area contributed by atoms with E-state index in [9.17, 15) is 10.1 Å². The van der Waals surface area contributed by atoms with Crippen LogP contribution < -0.4 is 5.32 Å². The molecule has 0 aromatic heterocycles. The Morgan fingerprint density at radius 3 is 2.52 bits per heavy atom. The van der Waals surface area contributed by atoms with E-state index >= 15 is 0 Å². The average Bonchev–Trinajstić information content (AvgIpc) is 2.47. The predicted octanol–water partition coefficient (Wildman–Crippen LogP) is 5.18. The minimum atomic E-state index is -0.357. The van der Waals surface area contributed by atoms with Gasteiger partial charge in [0.25, 0.3) is 5.69 Å². The second kappa shape index (κ2) is 5.23. The van der Waals surface area contributed by atoms with Crippen molar-refractivity contribution in [2.75, 3.05) is 5.32 Å². The molecule has 2 aromatic rings. The fraction of sp³-hybridized carbons (Fsp3) is 0.263.